The molecule has 1 saturated heterocycles. The first kappa shape index (κ1) is 17.4. The molecule has 2 heterocycles. The summed E-state index contributed by atoms with van der Waals surface area (Å²) in [5, 5.41) is 23.9. The van der Waals surface area contributed by atoms with Crippen molar-refractivity contribution in [2.24, 2.45) is 0 Å². The number of carbonyl (C=O) groups is 2. The molecule has 0 atom stereocenters. The topological polar surface area (TPSA) is 95.7 Å². The van der Waals surface area contributed by atoms with E-state index in [1.54, 1.807) is 29.9 Å². The third-order valence-corrected chi connectivity index (χ3v) is 4.79. The largest absolute Gasteiger partial charge is 0.479 e. The van der Waals surface area contributed by atoms with Crippen LogP contribution in [0.5, 0.6) is 0 Å². The maximum Gasteiger partial charge on any atom is 0.335 e. The fourth-order valence-electron chi connectivity index (χ4n) is 2.88. The second-order valence-corrected chi connectivity index (χ2v) is 6.59. The van der Waals surface area contributed by atoms with Gasteiger partial charge < -0.3 is 15.1 Å². The molecule has 1 aromatic carbocycles. The van der Waals surface area contributed by atoms with Crippen LogP contribution in [-0.2, 0) is 4.79 Å². The number of carbonyl (C=O) groups excluding carboxylic acids is 1. The molecule has 0 radical (unpaired) electrons. The van der Waals surface area contributed by atoms with Gasteiger partial charge in [0.1, 0.15) is 0 Å². The molecule has 0 spiro atoms. The summed E-state index contributed by atoms with van der Waals surface area (Å²) in [6.45, 7) is 2.12. The number of nitrogens with zero attached hydrogens (tertiary/aromatic N) is 3. The molecule has 0 unspecified atom stereocenters. The number of amides is 1. The molecule has 0 bridgehead atoms. The average molecular weight is 364 g/mol. The molecular weight excluding hydrogens is 346 g/mol. The smallest absolute Gasteiger partial charge is 0.335 e. The molecule has 7 nitrogen and oxygen atoms in total. The van der Waals surface area contributed by atoms with Crippen LogP contribution in [0.2, 0.25) is 5.02 Å². The zero-order chi connectivity index (χ0) is 18.2. The van der Waals surface area contributed by atoms with E-state index in [2.05, 4.69) is 5.10 Å². The number of aryl methyl sites for hydroxylation is 1. The molecule has 1 amide bonds. The Hall–Kier alpha value is -2.38. The summed E-state index contributed by atoms with van der Waals surface area (Å²) in [6, 6.07) is 7.19. The quantitative estimate of drug-likeness (QED) is 0.868. The van der Waals surface area contributed by atoms with Crippen LogP contribution in [0.1, 0.15) is 28.9 Å². The lowest BCUT2D eigenvalue weighted by Gasteiger charge is -2.35. The molecule has 132 valence electrons. The summed E-state index contributed by atoms with van der Waals surface area (Å²) >= 11 is 6.17. The first-order valence-electron chi connectivity index (χ1n) is 7.88. The molecule has 2 N–H and O–H groups in total. The molecule has 1 fully saturated rings. The van der Waals surface area contributed by atoms with Gasteiger partial charge >= 0.3 is 5.97 Å². The summed E-state index contributed by atoms with van der Waals surface area (Å²) in [5.74, 6) is -1.53. The number of hydrogen-bond acceptors (Lipinski definition) is 4. The summed E-state index contributed by atoms with van der Waals surface area (Å²) in [4.78, 5) is 25.3. The van der Waals surface area contributed by atoms with Gasteiger partial charge in [0.2, 0.25) is 0 Å². The lowest BCUT2D eigenvalue weighted by Crippen LogP contribution is -2.51. The molecule has 25 heavy (non-hydrogen) atoms. The van der Waals surface area contributed by atoms with E-state index in [-0.39, 0.29) is 31.8 Å². The zero-order valence-corrected chi connectivity index (χ0v) is 14.4. The number of carboxylic acid groups (broad SMARTS) is 1. The van der Waals surface area contributed by atoms with E-state index in [9.17, 15) is 14.7 Å². The van der Waals surface area contributed by atoms with Crippen LogP contribution in [0.4, 0.5) is 0 Å². The minimum absolute atomic E-state index is 0.00164. The zero-order valence-electron chi connectivity index (χ0n) is 13.6. The van der Waals surface area contributed by atoms with Crippen LogP contribution >= 0.6 is 11.6 Å². The summed E-state index contributed by atoms with van der Waals surface area (Å²) in [5.41, 5.74) is -0.0992. The number of benzene rings is 1. The highest BCUT2D eigenvalue weighted by atomic mass is 35.5. The maximum absolute atomic E-state index is 12.7. The number of aliphatic hydroxyl groups is 1. The van der Waals surface area contributed by atoms with Crippen molar-refractivity contribution in [3.63, 3.8) is 0 Å². The Kier molecular flexibility index (Phi) is 4.53. The molecule has 1 aromatic heterocycles. The predicted molar refractivity (Wildman–Crippen MR) is 91.0 cm³/mol. The van der Waals surface area contributed by atoms with Crippen LogP contribution in [0.15, 0.2) is 30.5 Å². The molecule has 2 aromatic rings. The van der Waals surface area contributed by atoms with Crippen molar-refractivity contribution in [2.45, 2.75) is 25.4 Å². The molecular formula is C17H18ClN3O4. The summed E-state index contributed by atoms with van der Waals surface area (Å²) < 4.78 is 1.56. The highest BCUT2D eigenvalue weighted by Gasteiger charge is 2.41. The number of likely N-dealkylation sites (tertiary alicyclic amines) is 1. The van der Waals surface area contributed by atoms with E-state index >= 15 is 0 Å². The second kappa shape index (κ2) is 6.50. The number of carboxylic acids is 1. The standard InChI is InChI=1S/C17H18ClN3O4/c1-11-10-21(13-5-3-2-4-12(13)18)19-14(11)15(22)20-8-6-17(25,7-9-20)16(23)24/h2-5,10,25H,6-9H2,1H3,(H,23,24). The van der Waals surface area contributed by atoms with Crippen LogP contribution in [0.25, 0.3) is 5.69 Å². The van der Waals surface area contributed by atoms with Gasteiger partial charge in [0.15, 0.2) is 11.3 Å². The van der Waals surface area contributed by atoms with E-state index in [1.807, 2.05) is 12.1 Å². The van der Waals surface area contributed by atoms with Crippen molar-refractivity contribution in [2.75, 3.05) is 13.1 Å². The SMILES string of the molecule is Cc1cn(-c2ccccc2Cl)nc1C(=O)N1CCC(O)(C(=O)O)CC1. The van der Waals surface area contributed by atoms with Gasteiger partial charge in [0.25, 0.3) is 5.91 Å². The van der Waals surface area contributed by atoms with Gasteiger partial charge in [-0.15, -0.1) is 0 Å². The number of halogens is 1. The first-order chi connectivity index (χ1) is 11.8. The molecule has 0 aliphatic carbocycles. The van der Waals surface area contributed by atoms with E-state index in [0.717, 1.165) is 0 Å². The van der Waals surface area contributed by atoms with E-state index < -0.39 is 11.6 Å². The average Bonchev–Trinajstić information content (AvgIpc) is 2.97. The van der Waals surface area contributed by atoms with E-state index in [4.69, 9.17) is 16.7 Å². The van der Waals surface area contributed by atoms with E-state index in [1.165, 1.54) is 4.90 Å². The second-order valence-electron chi connectivity index (χ2n) is 6.19. The number of aliphatic carboxylic acids is 1. The highest BCUT2D eigenvalue weighted by Crippen LogP contribution is 2.25. The summed E-state index contributed by atoms with van der Waals surface area (Å²) in [6.07, 6.45) is 1.72. The van der Waals surface area contributed by atoms with Crippen LogP contribution in [0.3, 0.4) is 0 Å². The first-order valence-corrected chi connectivity index (χ1v) is 8.26. The van der Waals surface area contributed by atoms with Gasteiger partial charge in [-0.25, -0.2) is 9.48 Å². The Morgan fingerprint density at radius 2 is 1.88 bits per heavy atom. The number of rotatable bonds is 3. The van der Waals surface area contributed by atoms with Crippen molar-refractivity contribution >= 4 is 23.5 Å². The van der Waals surface area contributed by atoms with Gasteiger partial charge in [-0.3, -0.25) is 4.79 Å². The van der Waals surface area contributed by atoms with Gasteiger partial charge in [-0.05, 0) is 19.1 Å². The van der Waals surface area contributed by atoms with E-state index in [0.29, 0.717) is 22.0 Å². The van der Waals surface area contributed by atoms with Crippen LogP contribution in [0, 0.1) is 6.92 Å². The third kappa shape index (κ3) is 3.25. The van der Waals surface area contributed by atoms with Gasteiger partial charge in [-0.1, -0.05) is 23.7 Å². The third-order valence-electron chi connectivity index (χ3n) is 4.47. The van der Waals surface area contributed by atoms with Gasteiger partial charge in [-0.2, -0.15) is 5.10 Å². The fraction of sp³-hybridized carbons (Fsp3) is 0.353. The lowest BCUT2D eigenvalue weighted by molar-refractivity contribution is -0.162. The van der Waals surface area contributed by atoms with Crippen molar-refractivity contribution in [1.82, 2.24) is 14.7 Å². The van der Waals surface area contributed by atoms with Crippen LogP contribution in [-0.4, -0.2) is 55.5 Å². The number of piperidine rings is 1. The molecule has 1 aliphatic rings. The predicted octanol–water partition coefficient (Wildman–Crippen LogP) is 1.89. The Bertz CT molecular complexity index is 825. The molecule has 8 heteroatoms. The number of aromatic nitrogens is 2. The summed E-state index contributed by atoms with van der Waals surface area (Å²) in [7, 11) is 0. The van der Waals surface area contributed by atoms with Gasteiger partial charge in [0, 0.05) is 37.7 Å². The lowest BCUT2D eigenvalue weighted by atomic mass is 9.91. The Balaban J connectivity index is 1.80. The minimum Gasteiger partial charge on any atom is -0.479 e. The van der Waals surface area contributed by atoms with Crippen LogP contribution < -0.4 is 0 Å². The Morgan fingerprint density at radius 1 is 1.24 bits per heavy atom. The number of para-hydroxylation sites is 1. The van der Waals surface area contributed by atoms with Crippen molar-refractivity contribution in [3.05, 3.63) is 46.7 Å². The molecule has 1 aliphatic heterocycles. The Labute approximate surface area is 149 Å². The normalized spacial score (nSPS) is 16.7. The monoisotopic (exact) mass is 363 g/mol. The minimum atomic E-state index is -1.76. The Morgan fingerprint density at radius 3 is 2.48 bits per heavy atom. The van der Waals surface area contributed by atoms with Crippen molar-refractivity contribution in [3.8, 4) is 5.69 Å². The molecule has 3 rings (SSSR count). The van der Waals surface area contributed by atoms with Gasteiger partial charge in [0.05, 0.1) is 10.7 Å². The fourth-order valence-corrected chi connectivity index (χ4v) is 3.10. The molecule has 0 saturated carbocycles. The maximum atomic E-state index is 12.7. The van der Waals surface area contributed by atoms with Crippen molar-refractivity contribution in [1.29, 1.82) is 0 Å². The number of hydrogen-bond donors (Lipinski definition) is 2. The highest BCUT2D eigenvalue weighted by molar-refractivity contribution is 6.32. The van der Waals surface area contributed by atoms with Crippen molar-refractivity contribution < 1.29 is 19.8 Å².